The topological polar surface area (TPSA) is 29.5 Å². The van der Waals surface area contributed by atoms with Gasteiger partial charge >= 0.3 is 0 Å². The van der Waals surface area contributed by atoms with Crippen LogP contribution in [0.4, 0.5) is 0 Å². The maximum absolute atomic E-state index is 9.05. The monoisotopic (exact) mass is 214 g/mol. The number of benzene rings is 1. The first-order valence-electron chi connectivity index (χ1n) is 4.55. The van der Waals surface area contributed by atoms with Crippen LogP contribution in [0.3, 0.4) is 0 Å². The number of aliphatic hydroxyl groups is 1. The highest BCUT2D eigenvalue weighted by Crippen LogP contribution is 2.35. The summed E-state index contributed by atoms with van der Waals surface area (Å²) in [5, 5.41) is 9.65. The molecular weight excluding hydrogens is 200 g/mol. The van der Waals surface area contributed by atoms with Crippen molar-refractivity contribution in [2.24, 2.45) is 0 Å². The molecule has 0 aliphatic carbocycles. The second-order valence-corrected chi connectivity index (χ2v) is 3.78. The predicted octanol–water partition coefficient (Wildman–Crippen LogP) is 2.75. The molecule has 0 heterocycles. The summed E-state index contributed by atoms with van der Waals surface area (Å²) in [6.07, 6.45) is 0. The predicted molar refractivity (Wildman–Crippen MR) is 58.2 cm³/mol. The number of hydrogen-bond acceptors (Lipinski definition) is 2. The van der Waals surface area contributed by atoms with E-state index < -0.39 is 0 Å². The van der Waals surface area contributed by atoms with Crippen molar-refractivity contribution in [1.82, 2.24) is 0 Å². The fraction of sp³-hybridized carbons (Fsp3) is 0.455. The minimum atomic E-state index is 0.0389. The van der Waals surface area contributed by atoms with Crippen molar-refractivity contribution in [3.05, 3.63) is 28.3 Å². The zero-order chi connectivity index (χ0) is 10.7. The summed E-state index contributed by atoms with van der Waals surface area (Å²) in [4.78, 5) is 0. The Bertz CT molecular complexity index is 323. The molecule has 78 valence electrons. The summed E-state index contributed by atoms with van der Waals surface area (Å²) in [6, 6.07) is 3.88. The molecule has 0 aliphatic heterocycles. The van der Waals surface area contributed by atoms with Gasteiger partial charge in [0.2, 0.25) is 0 Å². The molecule has 1 aromatic rings. The van der Waals surface area contributed by atoms with Crippen LogP contribution in [0.1, 0.15) is 24.0 Å². The number of aryl methyl sites for hydroxylation is 1. The molecule has 0 aliphatic rings. The number of rotatable bonds is 3. The van der Waals surface area contributed by atoms with Gasteiger partial charge in [-0.2, -0.15) is 0 Å². The van der Waals surface area contributed by atoms with Crippen LogP contribution in [0.5, 0.6) is 5.75 Å². The molecule has 1 unspecified atom stereocenters. The highest BCUT2D eigenvalue weighted by Gasteiger charge is 2.14. The quantitative estimate of drug-likeness (QED) is 0.839. The molecule has 3 heteroatoms. The standard InChI is InChI=1S/C11H15ClO2/c1-7-4-5-9(8(2)6-13)10(12)11(7)14-3/h4-5,8,13H,6H2,1-3H3. The average Bonchev–Trinajstić information content (AvgIpc) is 2.18. The van der Waals surface area contributed by atoms with Crippen LogP contribution in [0.25, 0.3) is 0 Å². The Morgan fingerprint density at radius 2 is 2.14 bits per heavy atom. The minimum absolute atomic E-state index is 0.0389. The van der Waals surface area contributed by atoms with E-state index >= 15 is 0 Å². The van der Waals surface area contributed by atoms with E-state index in [4.69, 9.17) is 21.4 Å². The molecule has 0 radical (unpaired) electrons. The Balaban J connectivity index is 3.21. The highest BCUT2D eigenvalue weighted by atomic mass is 35.5. The summed E-state index contributed by atoms with van der Waals surface area (Å²) < 4.78 is 5.20. The van der Waals surface area contributed by atoms with Crippen molar-refractivity contribution in [1.29, 1.82) is 0 Å². The molecule has 1 atom stereocenters. The largest absolute Gasteiger partial charge is 0.495 e. The van der Waals surface area contributed by atoms with Gasteiger partial charge in [-0.05, 0) is 18.1 Å². The smallest absolute Gasteiger partial charge is 0.140 e. The van der Waals surface area contributed by atoms with Gasteiger partial charge in [0.15, 0.2) is 0 Å². The maximum atomic E-state index is 9.05. The third kappa shape index (κ3) is 2.02. The molecule has 0 aromatic heterocycles. The van der Waals surface area contributed by atoms with Gasteiger partial charge in [0, 0.05) is 12.5 Å². The molecule has 0 saturated heterocycles. The van der Waals surface area contributed by atoms with Crippen molar-refractivity contribution >= 4 is 11.6 Å². The van der Waals surface area contributed by atoms with E-state index in [0.717, 1.165) is 11.1 Å². The first-order chi connectivity index (χ1) is 6.61. The van der Waals surface area contributed by atoms with E-state index in [-0.39, 0.29) is 12.5 Å². The van der Waals surface area contributed by atoms with E-state index in [1.165, 1.54) is 0 Å². The third-order valence-corrected chi connectivity index (χ3v) is 2.72. The fourth-order valence-corrected chi connectivity index (χ4v) is 1.87. The SMILES string of the molecule is COc1c(C)ccc(C(C)CO)c1Cl. The Labute approximate surface area is 89.5 Å². The zero-order valence-electron chi connectivity index (χ0n) is 8.67. The van der Waals surface area contributed by atoms with E-state index in [1.54, 1.807) is 7.11 Å². The van der Waals surface area contributed by atoms with Crippen molar-refractivity contribution in [3.8, 4) is 5.75 Å². The van der Waals surface area contributed by atoms with Crippen molar-refractivity contribution in [3.63, 3.8) is 0 Å². The molecule has 1 aromatic carbocycles. The number of methoxy groups -OCH3 is 1. The molecule has 0 fully saturated rings. The Morgan fingerprint density at radius 3 is 2.64 bits per heavy atom. The molecular formula is C11H15ClO2. The van der Waals surface area contributed by atoms with Gasteiger partial charge in [0.25, 0.3) is 0 Å². The van der Waals surface area contributed by atoms with Gasteiger partial charge in [-0.25, -0.2) is 0 Å². The average molecular weight is 215 g/mol. The molecule has 0 saturated carbocycles. The Morgan fingerprint density at radius 1 is 1.50 bits per heavy atom. The highest BCUT2D eigenvalue weighted by molar-refractivity contribution is 6.33. The third-order valence-electron chi connectivity index (χ3n) is 2.33. The second kappa shape index (κ2) is 4.67. The molecule has 0 amide bonds. The van der Waals surface area contributed by atoms with Gasteiger partial charge < -0.3 is 9.84 Å². The minimum Gasteiger partial charge on any atom is -0.495 e. The summed E-state index contributed by atoms with van der Waals surface area (Å²) in [7, 11) is 1.60. The van der Waals surface area contributed by atoms with Gasteiger partial charge in [0.1, 0.15) is 5.75 Å². The van der Waals surface area contributed by atoms with Crippen LogP contribution < -0.4 is 4.74 Å². The lowest BCUT2D eigenvalue weighted by atomic mass is 10.00. The van der Waals surface area contributed by atoms with Gasteiger partial charge in [-0.15, -0.1) is 0 Å². The summed E-state index contributed by atoms with van der Waals surface area (Å²) >= 11 is 6.15. The van der Waals surface area contributed by atoms with Crippen LogP contribution in [0, 0.1) is 6.92 Å². The first kappa shape index (κ1) is 11.3. The molecule has 1 rings (SSSR count). The Kier molecular flexibility index (Phi) is 3.78. The lowest BCUT2D eigenvalue weighted by molar-refractivity contribution is 0.273. The fourth-order valence-electron chi connectivity index (χ4n) is 1.40. The van der Waals surface area contributed by atoms with E-state index in [9.17, 15) is 0 Å². The van der Waals surface area contributed by atoms with Gasteiger partial charge in [0.05, 0.1) is 12.1 Å². The van der Waals surface area contributed by atoms with Crippen molar-refractivity contribution in [2.75, 3.05) is 13.7 Å². The van der Waals surface area contributed by atoms with Crippen LogP contribution >= 0.6 is 11.6 Å². The summed E-state index contributed by atoms with van der Waals surface area (Å²) in [5.41, 5.74) is 1.93. The van der Waals surface area contributed by atoms with E-state index in [0.29, 0.717) is 10.8 Å². The van der Waals surface area contributed by atoms with E-state index in [1.807, 2.05) is 26.0 Å². The molecule has 0 spiro atoms. The van der Waals surface area contributed by atoms with Crippen LogP contribution in [0.15, 0.2) is 12.1 Å². The van der Waals surface area contributed by atoms with Crippen molar-refractivity contribution in [2.45, 2.75) is 19.8 Å². The molecule has 1 N–H and O–H groups in total. The second-order valence-electron chi connectivity index (χ2n) is 3.40. The molecule has 14 heavy (non-hydrogen) atoms. The molecule has 0 bridgehead atoms. The summed E-state index contributed by atoms with van der Waals surface area (Å²) in [5.74, 6) is 0.737. The van der Waals surface area contributed by atoms with Gasteiger partial charge in [-0.1, -0.05) is 30.7 Å². The number of halogens is 1. The van der Waals surface area contributed by atoms with Gasteiger partial charge in [-0.3, -0.25) is 0 Å². The van der Waals surface area contributed by atoms with Crippen LogP contribution in [-0.2, 0) is 0 Å². The number of aliphatic hydroxyl groups excluding tert-OH is 1. The lowest BCUT2D eigenvalue weighted by Gasteiger charge is -2.14. The lowest BCUT2D eigenvalue weighted by Crippen LogP contribution is -2.01. The van der Waals surface area contributed by atoms with Crippen molar-refractivity contribution < 1.29 is 9.84 Å². The van der Waals surface area contributed by atoms with E-state index in [2.05, 4.69) is 0 Å². The molecule has 2 nitrogen and oxygen atoms in total. The maximum Gasteiger partial charge on any atom is 0.140 e. The first-order valence-corrected chi connectivity index (χ1v) is 4.93. The normalized spacial score (nSPS) is 12.6. The zero-order valence-corrected chi connectivity index (χ0v) is 9.43. The van der Waals surface area contributed by atoms with Crippen LogP contribution in [0.2, 0.25) is 5.02 Å². The number of ether oxygens (including phenoxy) is 1. The van der Waals surface area contributed by atoms with Crippen LogP contribution in [-0.4, -0.2) is 18.8 Å². The number of hydrogen-bond donors (Lipinski definition) is 1. The summed E-state index contributed by atoms with van der Waals surface area (Å²) in [6.45, 7) is 3.96. The Hall–Kier alpha value is -0.730.